The lowest BCUT2D eigenvalue weighted by Gasteiger charge is -2.09. The van der Waals surface area contributed by atoms with E-state index in [1.54, 1.807) is 24.3 Å². The van der Waals surface area contributed by atoms with Crippen molar-refractivity contribution in [1.82, 2.24) is 0 Å². The highest BCUT2D eigenvalue weighted by atomic mass is 79.9. The van der Waals surface area contributed by atoms with Crippen LogP contribution in [0.25, 0.3) is 0 Å². The summed E-state index contributed by atoms with van der Waals surface area (Å²) in [6, 6.07) is 11.0. The lowest BCUT2D eigenvalue weighted by molar-refractivity contribution is 0.407. The molecule has 0 saturated carbocycles. The van der Waals surface area contributed by atoms with Crippen LogP contribution in [-0.4, -0.2) is 0 Å². The summed E-state index contributed by atoms with van der Waals surface area (Å²) in [5.41, 5.74) is 1.31. The molecule has 0 amide bonds. The first-order valence-electron chi connectivity index (χ1n) is 5.81. The molecule has 0 atom stereocenters. The fourth-order valence-corrected chi connectivity index (χ4v) is 2.00. The molecule has 0 aliphatic rings. The first-order valence-corrected chi connectivity index (χ1v) is 6.94. The minimum atomic E-state index is -0.749. The largest absolute Gasteiger partial charge is 0.451 e. The predicted molar refractivity (Wildman–Crippen MR) is 74.8 cm³/mol. The summed E-state index contributed by atoms with van der Waals surface area (Å²) in [7, 11) is 0. The second-order valence-electron chi connectivity index (χ2n) is 4.10. The number of nitrogens with zero attached hydrogens (tertiary/aromatic N) is 1. The first-order chi connectivity index (χ1) is 9.63. The Hall–Kier alpha value is -1.93. The van der Waals surface area contributed by atoms with Gasteiger partial charge >= 0.3 is 0 Å². The minimum Gasteiger partial charge on any atom is -0.451 e. The van der Waals surface area contributed by atoms with Crippen LogP contribution in [0.5, 0.6) is 11.5 Å². The van der Waals surface area contributed by atoms with E-state index in [1.807, 2.05) is 6.07 Å². The van der Waals surface area contributed by atoms with E-state index in [0.29, 0.717) is 16.6 Å². The molecule has 102 valence electrons. The second kappa shape index (κ2) is 6.49. The number of nitriles is 1. The van der Waals surface area contributed by atoms with Crippen LogP contribution in [-0.2, 0) is 11.8 Å². The third-order valence-corrected chi connectivity index (χ3v) is 3.29. The van der Waals surface area contributed by atoms with Crippen LogP contribution in [0.3, 0.4) is 0 Å². The molecule has 2 aromatic carbocycles. The predicted octanol–water partition coefficient (Wildman–Crippen LogP) is 4.72. The van der Waals surface area contributed by atoms with Gasteiger partial charge in [-0.05, 0) is 35.4 Å². The van der Waals surface area contributed by atoms with E-state index in [0.717, 1.165) is 5.56 Å². The van der Waals surface area contributed by atoms with E-state index < -0.39 is 17.4 Å². The summed E-state index contributed by atoms with van der Waals surface area (Å²) in [5.74, 6) is -1.61. The van der Waals surface area contributed by atoms with Crippen molar-refractivity contribution in [3.8, 4) is 17.6 Å². The van der Waals surface area contributed by atoms with Gasteiger partial charge in [0.1, 0.15) is 5.75 Å². The number of hydrogen-bond donors (Lipinski definition) is 0. The van der Waals surface area contributed by atoms with E-state index >= 15 is 0 Å². The Morgan fingerprint density at radius 2 is 1.65 bits per heavy atom. The zero-order valence-corrected chi connectivity index (χ0v) is 12.0. The van der Waals surface area contributed by atoms with Crippen LogP contribution >= 0.6 is 15.9 Å². The molecule has 0 radical (unpaired) electrons. The Balaban J connectivity index is 2.24. The van der Waals surface area contributed by atoms with Crippen molar-refractivity contribution in [1.29, 1.82) is 5.26 Å². The smallest absolute Gasteiger partial charge is 0.198 e. The van der Waals surface area contributed by atoms with Crippen molar-refractivity contribution in [3.05, 3.63) is 59.2 Å². The van der Waals surface area contributed by atoms with E-state index in [9.17, 15) is 8.78 Å². The standard InChI is InChI=1S/C15H10BrF2NO/c16-9-11-7-13(17)15(14(18)8-11)20-12-3-1-10(2-4-12)5-6-19/h1-4,7-8H,5,9H2. The van der Waals surface area contributed by atoms with Crippen LogP contribution in [0.4, 0.5) is 8.78 Å². The van der Waals surface area contributed by atoms with Gasteiger partial charge < -0.3 is 4.74 Å². The molecule has 0 spiro atoms. The highest BCUT2D eigenvalue weighted by Gasteiger charge is 2.13. The highest BCUT2D eigenvalue weighted by molar-refractivity contribution is 9.08. The van der Waals surface area contributed by atoms with Gasteiger partial charge in [-0.2, -0.15) is 5.26 Å². The quantitative estimate of drug-likeness (QED) is 0.756. The van der Waals surface area contributed by atoms with Gasteiger partial charge in [-0.15, -0.1) is 0 Å². The maximum atomic E-state index is 13.8. The average molecular weight is 338 g/mol. The topological polar surface area (TPSA) is 33.0 Å². The molecule has 0 N–H and O–H groups in total. The van der Waals surface area contributed by atoms with Gasteiger partial charge in [-0.3, -0.25) is 0 Å². The van der Waals surface area contributed by atoms with Gasteiger partial charge in [0.15, 0.2) is 17.4 Å². The molecule has 0 saturated heterocycles. The zero-order chi connectivity index (χ0) is 14.5. The molecule has 0 heterocycles. The van der Waals surface area contributed by atoms with Crippen molar-refractivity contribution >= 4 is 15.9 Å². The van der Waals surface area contributed by atoms with Gasteiger partial charge in [0, 0.05) is 5.33 Å². The Bertz CT molecular complexity index is 627. The van der Waals surface area contributed by atoms with Crippen molar-refractivity contribution < 1.29 is 13.5 Å². The maximum absolute atomic E-state index is 13.8. The SMILES string of the molecule is N#CCc1ccc(Oc2c(F)cc(CBr)cc2F)cc1. The average Bonchev–Trinajstić information content (AvgIpc) is 2.44. The Morgan fingerprint density at radius 3 is 2.15 bits per heavy atom. The molecule has 5 heteroatoms. The van der Waals surface area contributed by atoms with Crippen LogP contribution in [0, 0.1) is 23.0 Å². The van der Waals surface area contributed by atoms with Gasteiger partial charge in [0.05, 0.1) is 12.5 Å². The molecule has 2 aromatic rings. The highest BCUT2D eigenvalue weighted by Crippen LogP contribution is 2.29. The van der Waals surface area contributed by atoms with Gasteiger partial charge in [0.2, 0.25) is 0 Å². The molecule has 0 aliphatic heterocycles. The second-order valence-corrected chi connectivity index (χ2v) is 4.66. The molecule has 0 bridgehead atoms. The number of rotatable bonds is 4. The van der Waals surface area contributed by atoms with E-state index in [4.69, 9.17) is 10.00 Å². The fraction of sp³-hybridized carbons (Fsp3) is 0.133. The van der Waals surface area contributed by atoms with E-state index in [2.05, 4.69) is 15.9 Å². The van der Waals surface area contributed by atoms with Gasteiger partial charge in [-0.1, -0.05) is 28.1 Å². The van der Waals surface area contributed by atoms with Gasteiger partial charge in [0.25, 0.3) is 0 Å². The fourth-order valence-electron chi connectivity index (χ4n) is 1.67. The molecule has 2 nitrogen and oxygen atoms in total. The number of hydrogen-bond acceptors (Lipinski definition) is 2. The molecule has 2 rings (SSSR count). The number of benzene rings is 2. The van der Waals surface area contributed by atoms with Gasteiger partial charge in [-0.25, -0.2) is 8.78 Å². The van der Waals surface area contributed by atoms with Crippen molar-refractivity contribution in [2.45, 2.75) is 11.8 Å². The Labute approximate surface area is 123 Å². The maximum Gasteiger partial charge on any atom is 0.198 e. The summed E-state index contributed by atoms with van der Waals surface area (Å²) in [4.78, 5) is 0. The first kappa shape index (κ1) is 14.5. The minimum absolute atomic E-state index is 0.281. The Kier molecular flexibility index (Phi) is 4.70. The van der Waals surface area contributed by atoms with Crippen LogP contribution in [0.15, 0.2) is 36.4 Å². The van der Waals surface area contributed by atoms with Crippen molar-refractivity contribution in [2.75, 3.05) is 0 Å². The van der Waals surface area contributed by atoms with E-state index in [1.165, 1.54) is 12.1 Å². The molecule has 0 aliphatic carbocycles. The number of halogens is 3. The van der Waals surface area contributed by atoms with E-state index in [-0.39, 0.29) is 6.42 Å². The number of ether oxygens (including phenoxy) is 1. The summed E-state index contributed by atoms with van der Waals surface area (Å²) >= 11 is 3.14. The number of alkyl halides is 1. The summed E-state index contributed by atoms with van der Waals surface area (Å²) in [6.45, 7) is 0. The Morgan fingerprint density at radius 1 is 1.05 bits per heavy atom. The molecule has 0 unspecified atom stereocenters. The summed E-state index contributed by atoms with van der Waals surface area (Å²) in [6.07, 6.45) is 0.281. The molecular weight excluding hydrogens is 328 g/mol. The monoisotopic (exact) mass is 337 g/mol. The van der Waals surface area contributed by atoms with Crippen molar-refractivity contribution in [2.24, 2.45) is 0 Å². The zero-order valence-electron chi connectivity index (χ0n) is 10.4. The lowest BCUT2D eigenvalue weighted by Crippen LogP contribution is -1.95. The molecule has 0 aromatic heterocycles. The molecular formula is C15H10BrF2NO. The lowest BCUT2D eigenvalue weighted by atomic mass is 10.1. The summed E-state index contributed by atoms with van der Waals surface area (Å²) < 4.78 is 32.7. The normalized spacial score (nSPS) is 10.1. The third kappa shape index (κ3) is 3.34. The van der Waals surface area contributed by atoms with Crippen LogP contribution in [0.1, 0.15) is 11.1 Å². The van der Waals surface area contributed by atoms with Crippen molar-refractivity contribution in [3.63, 3.8) is 0 Å². The summed E-state index contributed by atoms with van der Waals surface area (Å²) in [5, 5.41) is 8.93. The van der Waals surface area contributed by atoms with Crippen LogP contribution < -0.4 is 4.74 Å². The molecule has 0 fully saturated rings. The molecule has 20 heavy (non-hydrogen) atoms. The third-order valence-electron chi connectivity index (χ3n) is 2.64. The van der Waals surface area contributed by atoms with Crippen LogP contribution in [0.2, 0.25) is 0 Å².